The third-order valence-corrected chi connectivity index (χ3v) is 3.44. The van der Waals surface area contributed by atoms with Crippen molar-refractivity contribution in [2.24, 2.45) is 5.41 Å². The zero-order valence-electron chi connectivity index (χ0n) is 9.71. The molecule has 2 rings (SSSR count). The molecule has 1 saturated carbocycles. The Hall–Kier alpha value is -0.790. The molecular formula is C13H20O2. The van der Waals surface area contributed by atoms with Crippen LogP contribution in [0.5, 0.6) is 0 Å². The molecular weight excluding hydrogens is 188 g/mol. The van der Waals surface area contributed by atoms with Gasteiger partial charge in [0.25, 0.3) is 0 Å². The van der Waals surface area contributed by atoms with E-state index in [-0.39, 0.29) is 17.5 Å². The van der Waals surface area contributed by atoms with Crippen molar-refractivity contribution in [3.63, 3.8) is 0 Å². The zero-order valence-corrected chi connectivity index (χ0v) is 9.71. The highest BCUT2D eigenvalue weighted by Gasteiger charge is 2.40. The Morgan fingerprint density at radius 1 is 1.27 bits per heavy atom. The molecule has 0 bridgehead atoms. The van der Waals surface area contributed by atoms with Crippen LogP contribution < -0.4 is 0 Å². The lowest BCUT2D eigenvalue weighted by atomic mass is 9.88. The Morgan fingerprint density at radius 3 is 2.47 bits per heavy atom. The minimum Gasteiger partial charge on any atom is -0.458 e. The highest BCUT2D eigenvalue weighted by molar-refractivity contribution is 5.78. The molecule has 0 radical (unpaired) electrons. The van der Waals surface area contributed by atoms with Gasteiger partial charge in [-0.1, -0.05) is 12.0 Å². The molecule has 1 aliphatic heterocycles. The molecule has 1 saturated heterocycles. The summed E-state index contributed by atoms with van der Waals surface area (Å²) in [5, 5.41) is 0. The van der Waals surface area contributed by atoms with Crippen LogP contribution in [0.15, 0.2) is 11.6 Å². The summed E-state index contributed by atoms with van der Waals surface area (Å²) in [6, 6.07) is 0. The van der Waals surface area contributed by atoms with Crippen LogP contribution in [0, 0.1) is 5.41 Å². The first-order valence-corrected chi connectivity index (χ1v) is 5.98. The van der Waals surface area contributed by atoms with Crippen LogP contribution in [-0.4, -0.2) is 12.1 Å². The molecule has 15 heavy (non-hydrogen) atoms. The molecule has 0 unspecified atom stereocenters. The number of rotatable bonds is 1. The molecule has 0 aromatic rings. The number of ether oxygens (including phenoxy) is 1. The SMILES string of the molecule is CC1(C)C[C@@H](C=C2CCCCC2)OC1=O. The second kappa shape index (κ2) is 3.99. The van der Waals surface area contributed by atoms with Gasteiger partial charge in [0.05, 0.1) is 5.41 Å². The maximum absolute atomic E-state index is 11.5. The maximum atomic E-state index is 11.5. The molecule has 2 heteroatoms. The van der Waals surface area contributed by atoms with E-state index < -0.39 is 0 Å². The van der Waals surface area contributed by atoms with E-state index in [1.165, 1.54) is 37.7 Å². The Labute approximate surface area is 91.7 Å². The van der Waals surface area contributed by atoms with Gasteiger partial charge in [-0.3, -0.25) is 4.79 Å². The van der Waals surface area contributed by atoms with Crippen LogP contribution >= 0.6 is 0 Å². The quantitative estimate of drug-likeness (QED) is 0.488. The predicted molar refractivity (Wildman–Crippen MR) is 59.4 cm³/mol. The van der Waals surface area contributed by atoms with Crippen LogP contribution in [-0.2, 0) is 9.53 Å². The summed E-state index contributed by atoms with van der Waals surface area (Å²) in [5.41, 5.74) is 1.22. The van der Waals surface area contributed by atoms with Crippen molar-refractivity contribution < 1.29 is 9.53 Å². The molecule has 1 heterocycles. The summed E-state index contributed by atoms with van der Waals surface area (Å²) in [4.78, 5) is 11.5. The van der Waals surface area contributed by atoms with E-state index in [4.69, 9.17) is 4.74 Å². The van der Waals surface area contributed by atoms with Gasteiger partial charge < -0.3 is 4.74 Å². The van der Waals surface area contributed by atoms with Gasteiger partial charge >= 0.3 is 5.97 Å². The Balaban J connectivity index is 1.99. The third-order valence-electron chi connectivity index (χ3n) is 3.44. The molecule has 0 N–H and O–H groups in total. The second-order valence-electron chi connectivity index (χ2n) is 5.42. The first-order chi connectivity index (χ1) is 7.08. The van der Waals surface area contributed by atoms with Crippen molar-refractivity contribution in [1.82, 2.24) is 0 Å². The number of carbonyl (C=O) groups is 1. The van der Waals surface area contributed by atoms with Crippen molar-refractivity contribution in [3.8, 4) is 0 Å². The average molecular weight is 208 g/mol. The largest absolute Gasteiger partial charge is 0.458 e. The van der Waals surface area contributed by atoms with Crippen molar-refractivity contribution in [1.29, 1.82) is 0 Å². The molecule has 2 fully saturated rings. The van der Waals surface area contributed by atoms with E-state index in [0.29, 0.717) is 0 Å². The lowest BCUT2D eigenvalue weighted by molar-refractivity contribution is -0.146. The molecule has 1 atom stereocenters. The number of carbonyl (C=O) groups excluding carboxylic acids is 1. The van der Waals surface area contributed by atoms with Crippen LogP contribution in [0.3, 0.4) is 0 Å². The van der Waals surface area contributed by atoms with Crippen molar-refractivity contribution in [2.45, 2.75) is 58.5 Å². The average Bonchev–Trinajstić information content (AvgIpc) is 2.42. The van der Waals surface area contributed by atoms with Gasteiger partial charge in [0.15, 0.2) is 0 Å². The molecule has 2 nitrogen and oxygen atoms in total. The lowest BCUT2D eigenvalue weighted by Crippen LogP contribution is -2.16. The number of esters is 1. The summed E-state index contributed by atoms with van der Waals surface area (Å²) in [5.74, 6) is -0.0415. The number of hydrogen-bond acceptors (Lipinski definition) is 2. The van der Waals surface area contributed by atoms with Gasteiger partial charge in [0, 0.05) is 6.42 Å². The van der Waals surface area contributed by atoms with Crippen LogP contribution in [0.25, 0.3) is 0 Å². The van der Waals surface area contributed by atoms with Gasteiger partial charge in [0.2, 0.25) is 0 Å². The zero-order chi connectivity index (χ0) is 10.9. The van der Waals surface area contributed by atoms with Gasteiger partial charge in [-0.25, -0.2) is 0 Å². The molecule has 1 aliphatic carbocycles. The summed E-state index contributed by atoms with van der Waals surface area (Å²) >= 11 is 0. The fourth-order valence-electron chi connectivity index (χ4n) is 2.45. The van der Waals surface area contributed by atoms with E-state index in [2.05, 4.69) is 6.08 Å². The summed E-state index contributed by atoms with van der Waals surface area (Å²) in [6.07, 6.45) is 9.45. The van der Waals surface area contributed by atoms with Crippen LogP contribution in [0.2, 0.25) is 0 Å². The first kappa shape index (κ1) is 10.7. The Bertz CT molecular complexity index is 281. The molecule has 84 valence electrons. The van der Waals surface area contributed by atoms with E-state index in [1.807, 2.05) is 13.8 Å². The fourth-order valence-corrected chi connectivity index (χ4v) is 2.45. The van der Waals surface area contributed by atoms with E-state index >= 15 is 0 Å². The smallest absolute Gasteiger partial charge is 0.312 e. The topological polar surface area (TPSA) is 26.3 Å². The Morgan fingerprint density at radius 2 is 1.93 bits per heavy atom. The lowest BCUT2D eigenvalue weighted by Gasteiger charge is -2.15. The van der Waals surface area contributed by atoms with Crippen molar-refractivity contribution in [2.75, 3.05) is 0 Å². The molecule has 2 aliphatic rings. The number of cyclic esters (lactones) is 1. The van der Waals surface area contributed by atoms with Crippen molar-refractivity contribution >= 4 is 5.97 Å². The van der Waals surface area contributed by atoms with Gasteiger partial charge in [0.1, 0.15) is 6.10 Å². The highest BCUT2D eigenvalue weighted by atomic mass is 16.6. The maximum Gasteiger partial charge on any atom is 0.312 e. The fraction of sp³-hybridized carbons (Fsp3) is 0.769. The number of hydrogen-bond donors (Lipinski definition) is 0. The monoisotopic (exact) mass is 208 g/mol. The first-order valence-electron chi connectivity index (χ1n) is 5.98. The van der Waals surface area contributed by atoms with Crippen LogP contribution in [0.1, 0.15) is 52.4 Å². The normalized spacial score (nSPS) is 30.1. The Kier molecular flexibility index (Phi) is 2.85. The molecule has 0 spiro atoms. The summed E-state index contributed by atoms with van der Waals surface area (Å²) in [7, 11) is 0. The van der Waals surface area contributed by atoms with Gasteiger partial charge in [-0.2, -0.15) is 0 Å². The highest BCUT2D eigenvalue weighted by Crippen LogP contribution is 2.35. The minimum atomic E-state index is -0.281. The predicted octanol–water partition coefficient (Wildman–Crippen LogP) is 3.22. The molecule has 0 aromatic carbocycles. The summed E-state index contributed by atoms with van der Waals surface area (Å²) < 4.78 is 5.36. The van der Waals surface area contributed by atoms with E-state index in [0.717, 1.165) is 6.42 Å². The molecule has 0 amide bonds. The minimum absolute atomic E-state index is 0.0415. The standard InChI is InChI=1S/C13H20O2/c1-13(2)9-11(15-12(13)14)8-10-6-4-3-5-7-10/h8,11H,3-7,9H2,1-2H3/t11-/m1/s1. The van der Waals surface area contributed by atoms with Gasteiger partial charge in [-0.15, -0.1) is 0 Å². The molecule has 0 aromatic heterocycles. The third kappa shape index (κ3) is 2.42. The second-order valence-corrected chi connectivity index (χ2v) is 5.42. The number of allylic oxidation sites excluding steroid dienone is 1. The van der Waals surface area contributed by atoms with E-state index in [9.17, 15) is 4.79 Å². The summed E-state index contributed by atoms with van der Waals surface area (Å²) in [6.45, 7) is 3.93. The van der Waals surface area contributed by atoms with Gasteiger partial charge in [-0.05, 0) is 45.6 Å². The van der Waals surface area contributed by atoms with E-state index in [1.54, 1.807) is 0 Å². The van der Waals surface area contributed by atoms with Crippen LogP contribution in [0.4, 0.5) is 0 Å². The van der Waals surface area contributed by atoms with Crippen molar-refractivity contribution in [3.05, 3.63) is 11.6 Å².